The molecule has 0 radical (unpaired) electrons. The van der Waals surface area contributed by atoms with Gasteiger partial charge in [-0.2, -0.15) is 0 Å². The van der Waals surface area contributed by atoms with Gasteiger partial charge in [-0.05, 0) is 18.9 Å². The van der Waals surface area contributed by atoms with Crippen molar-refractivity contribution in [3.63, 3.8) is 0 Å². The van der Waals surface area contributed by atoms with E-state index in [0.29, 0.717) is 18.2 Å². The molecule has 0 spiro atoms. The van der Waals surface area contributed by atoms with Gasteiger partial charge in [0.25, 0.3) is 0 Å². The molecule has 2 aliphatic heterocycles. The summed E-state index contributed by atoms with van der Waals surface area (Å²) in [5.74, 6) is 0. The molecule has 1 unspecified atom stereocenters. The minimum absolute atomic E-state index is 0.408. The van der Waals surface area contributed by atoms with Crippen LogP contribution >= 0.6 is 0 Å². The highest BCUT2D eigenvalue weighted by atomic mass is 16.5. The van der Waals surface area contributed by atoms with Gasteiger partial charge in [0.05, 0.1) is 12.7 Å². The molecule has 2 aliphatic rings. The summed E-state index contributed by atoms with van der Waals surface area (Å²) in [4.78, 5) is 2.53. The molecular formula is C15H19NO. The van der Waals surface area contributed by atoms with E-state index in [9.17, 15) is 0 Å². The van der Waals surface area contributed by atoms with Crippen LogP contribution in [0.15, 0.2) is 42.5 Å². The number of benzene rings is 1. The molecule has 17 heavy (non-hydrogen) atoms. The van der Waals surface area contributed by atoms with Crippen molar-refractivity contribution >= 4 is 0 Å². The van der Waals surface area contributed by atoms with Crippen molar-refractivity contribution < 1.29 is 4.74 Å². The van der Waals surface area contributed by atoms with Gasteiger partial charge in [-0.15, -0.1) is 0 Å². The van der Waals surface area contributed by atoms with Gasteiger partial charge in [0.15, 0.2) is 0 Å². The second kappa shape index (κ2) is 4.63. The van der Waals surface area contributed by atoms with Crippen LogP contribution in [-0.2, 0) is 4.74 Å². The van der Waals surface area contributed by atoms with Crippen LogP contribution in [0.5, 0.6) is 0 Å². The van der Waals surface area contributed by atoms with E-state index in [2.05, 4.69) is 54.3 Å². The van der Waals surface area contributed by atoms with E-state index in [4.69, 9.17) is 4.74 Å². The Morgan fingerprint density at radius 1 is 1.24 bits per heavy atom. The predicted molar refractivity (Wildman–Crippen MR) is 68.8 cm³/mol. The first-order valence-corrected chi connectivity index (χ1v) is 6.43. The van der Waals surface area contributed by atoms with Crippen molar-refractivity contribution in [2.75, 3.05) is 13.2 Å². The Labute approximate surface area is 103 Å². The fraction of sp³-hybridized carbons (Fsp3) is 0.467. The van der Waals surface area contributed by atoms with E-state index in [1.54, 1.807) is 0 Å². The molecule has 0 aliphatic carbocycles. The van der Waals surface area contributed by atoms with Crippen molar-refractivity contribution in [3.8, 4) is 0 Å². The van der Waals surface area contributed by atoms with Gasteiger partial charge < -0.3 is 4.74 Å². The monoisotopic (exact) mass is 229 g/mol. The number of rotatable bonds is 3. The van der Waals surface area contributed by atoms with Gasteiger partial charge in [0.2, 0.25) is 0 Å². The highest BCUT2D eigenvalue weighted by Crippen LogP contribution is 2.35. The van der Waals surface area contributed by atoms with E-state index in [0.717, 1.165) is 13.0 Å². The second-order valence-electron chi connectivity index (χ2n) is 4.93. The largest absolute Gasteiger partial charge is 0.372 e. The summed E-state index contributed by atoms with van der Waals surface area (Å²) < 4.78 is 5.79. The Morgan fingerprint density at radius 3 is 2.76 bits per heavy atom. The molecule has 0 aromatic heterocycles. The van der Waals surface area contributed by atoms with Gasteiger partial charge in [0.1, 0.15) is 0 Å². The van der Waals surface area contributed by atoms with Gasteiger partial charge >= 0.3 is 0 Å². The third-order valence-corrected chi connectivity index (χ3v) is 3.84. The number of hydrogen-bond acceptors (Lipinski definition) is 2. The van der Waals surface area contributed by atoms with E-state index < -0.39 is 0 Å². The Balaban J connectivity index is 1.62. The molecule has 1 aromatic carbocycles. The third-order valence-electron chi connectivity index (χ3n) is 3.84. The van der Waals surface area contributed by atoms with Crippen LogP contribution in [0.4, 0.5) is 0 Å². The van der Waals surface area contributed by atoms with E-state index >= 15 is 0 Å². The van der Waals surface area contributed by atoms with Crippen molar-refractivity contribution in [1.29, 1.82) is 0 Å². The van der Waals surface area contributed by atoms with Crippen LogP contribution in [0.2, 0.25) is 0 Å². The highest BCUT2D eigenvalue weighted by Gasteiger charge is 2.44. The molecule has 4 atom stereocenters. The maximum Gasteiger partial charge on any atom is 0.0781 e. The average Bonchev–Trinajstić information content (AvgIpc) is 3.20. The lowest BCUT2D eigenvalue weighted by Crippen LogP contribution is -2.25. The number of nitrogens with zero attached hydrogens (tertiary/aromatic N) is 1. The van der Waals surface area contributed by atoms with Gasteiger partial charge in [0, 0.05) is 18.6 Å². The average molecular weight is 229 g/mol. The zero-order valence-corrected chi connectivity index (χ0v) is 10.3. The van der Waals surface area contributed by atoms with Gasteiger partial charge in [-0.1, -0.05) is 42.5 Å². The van der Waals surface area contributed by atoms with Crippen molar-refractivity contribution in [2.45, 2.75) is 31.5 Å². The first-order chi connectivity index (χ1) is 8.36. The van der Waals surface area contributed by atoms with E-state index in [1.807, 2.05) is 0 Å². The van der Waals surface area contributed by atoms with E-state index in [-0.39, 0.29) is 0 Å². The molecule has 1 fully saturated rings. The molecule has 3 rings (SSSR count). The molecule has 2 heterocycles. The fourth-order valence-electron chi connectivity index (χ4n) is 2.68. The molecule has 1 aromatic rings. The molecule has 0 saturated carbocycles. The summed E-state index contributed by atoms with van der Waals surface area (Å²) >= 11 is 0. The Hall–Kier alpha value is -1.12. The lowest BCUT2D eigenvalue weighted by molar-refractivity contribution is 0.0547. The van der Waals surface area contributed by atoms with Gasteiger partial charge in [-0.3, -0.25) is 4.90 Å². The lowest BCUT2D eigenvalue weighted by atomic mass is 10.1. The Kier molecular flexibility index (Phi) is 3.00. The zero-order chi connectivity index (χ0) is 11.7. The lowest BCUT2D eigenvalue weighted by Gasteiger charge is -2.21. The first-order valence-electron chi connectivity index (χ1n) is 6.43. The van der Waals surface area contributed by atoms with Crippen molar-refractivity contribution in [1.82, 2.24) is 4.90 Å². The third kappa shape index (κ3) is 2.28. The van der Waals surface area contributed by atoms with E-state index in [1.165, 1.54) is 12.1 Å². The van der Waals surface area contributed by atoms with Crippen LogP contribution in [0.25, 0.3) is 0 Å². The molecule has 90 valence electrons. The molecule has 0 bridgehead atoms. The maximum atomic E-state index is 5.79. The molecular weight excluding hydrogens is 210 g/mol. The zero-order valence-electron chi connectivity index (χ0n) is 10.3. The van der Waals surface area contributed by atoms with Crippen LogP contribution in [0, 0.1) is 0 Å². The highest BCUT2D eigenvalue weighted by molar-refractivity contribution is 5.21. The van der Waals surface area contributed by atoms with Crippen molar-refractivity contribution in [3.05, 3.63) is 48.0 Å². The Morgan fingerprint density at radius 2 is 2.06 bits per heavy atom. The van der Waals surface area contributed by atoms with Gasteiger partial charge in [-0.25, -0.2) is 0 Å². The SMILES string of the molecule is C[C@H](c1ccccc1)N1C[C@@H]1[C@H]1CC=CCO1. The number of ether oxygens (including phenoxy) is 1. The summed E-state index contributed by atoms with van der Waals surface area (Å²) in [7, 11) is 0. The smallest absolute Gasteiger partial charge is 0.0781 e. The first kappa shape index (κ1) is 11.0. The van der Waals surface area contributed by atoms with Crippen LogP contribution in [0.3, 0.4) is 0 Å². The minimum atomic E-state index is 0.408. The van der Waals surface area contributed by atoms with Crippen LogP contribution in [-0.4, -0.2) is 30.2 Å². The molecule has 1 saturated heterocycles. The number of hydrogen-bond donors (Lipinski definition) is 0. The van der Waals surface area contributed by atoms with Crippen LogP contribution in [0.1, 0.15) is 24.9 Å². The summed E-state index contributed by atoms with van der Waals surface area (Å²) in [6.07, 6.45) is 5.84. The summed E-state index contributed by atoms with van der Waals surface area (Å²) in [6.45, 7) is 4.25. The standard InChI is InChI=1S/C15H19NO/c1-12(13-7-3-2-4-8-13)16-11-14(16)15-9-5-6-10-17-15/h2-8,12,14-15H,9-11H2,1H3/t12-,14-,15-,16?/m1/s1. The maximum absolute atomic E-state index is 5.79. The second-order valence-corrected chi connectivity index (χ2v) is 4.93. The topological polar surface area (TPSA) is 12.2 Å². The molecule has 0 amide bonds. The summed E-state index contributed by atoms with van der Waals surface area (Å²) in [5, 5.41) is 0. The Bertz CT molecular complexity index is 401. The predicted octanol–water partition coefficient (Wildman–Crippen LogP) is 2.78. The molecule has 2 heteroatoms. The molecule has 2 nitrogen and oxygen atoms in total. The minimum Gasteiger partial charge on any atom is -0.372 e. The molecule has 0 N–H and O–H groups in total. The van der Waals surface area contributed by atoms with Crippen molar-refractivity contribution in [2.24, 2.45) is 0 Å². The quantitative estimate of drug-likeness (QED) is 0.583. The van der Waals surface area contributed by atoms with Crippen LogP contribution < -0.4 is 0 Å². The summed E-state index contributed by atoms with van der Waals surface area (Å²) in [5.41, 5.74) is 1.40. The summed E-state index contributed by atoms with van der Waals surface area (Å²) in [6, 6.07) is 11.9. The normalized spacial score (nSPS) is 33.4. The fourth-order valence-corrected chi connectivity index (χ4v) is 2.68.